The Balaban J connectivity index is 2.70. The minimum Gasteiger partial charge on any atom is -0.205 e. The van der Waals surface area contributed by atoms with E-state index in [0.29, 0.717) is 4.47 Å². The number of hydrogen-bond acceptors (Lipinski definition) is 0. The van der Waals surface area contributed by atoms with Crippen LogP contribution >= 0.6 is 15.9 Å². The monoisotopic (exact) mass is 186 g/mol. The van der Waals surface area contributed by atoms with Crippen LogP contribution in [0.5, 0.6) is 0 Å². The van der Waals surface area contributed by atoms with Gasteiger partial charge in [0.25, 0.3) is 0 Å². The normalized spacial score (nSPS) is 13.1. The largest absolute Gasteiger partial charge is 0.205 e. The summed E-state index contributed by atoms with van der Waals surface area (Å²) in [5.41, 5.74) is 2.03. The highest BCUT2D eigenvalue weighted by Gasteiger charge is 2.22. The summed E-state index contributed by atoms with van der Waals surface area (Å²) in [6.07, 6.45) is 0.845. The molecule has 0 aliphatic heterocycles. The van der Waals surface area contributed by atoms with Crippen LogP contribution in [-0.2, 0) is 6.42 Å². The van der Waals surface area contributed by atoms with Crippen molar-refractivity contribution in [2.24, 2.45) is 0 Å². The Kier molecular flexibility index (Phi) is 0.943. The van der Waals surface area contributed by atoms with Gasteiger partial charge in [-0.25, -0.2) is 4.39 Å². The summed E-state index contributed by atoms with van der Waals surface area (Å²) in [7, 11) is 0. The number of rotatable bonds is 0. The summed E-state index contributed by atoms with van der Waals surface area (Å²) in [5.74, 6) is -0.0764. The second kappa shape index (κ2) is 1.57. The van der Waals surface area contributed by atoms with Gasteiger partial charge in [0.1, 0.15) is 5.82 Å². The molecule has 1 aliphatic carbocycles. The summed E-state index contributed by atoms with van der Waals surface area (Å²) in [6.45, 7) is 0. The quantitative estimate of drug-likeness (QED) is 0.594. The molecule has 0 heterocycles. The molecule has 0 atom stereocenters. The molecule has 0 spiro atoms. The van der Waals surface area contributed by atoms with Gasteiger partial charge in [0.15, 0.2) is 0 Å². The molecule has 0 nitrogen and oxygen atoms in total. The zero-order valence-corrected chi connectivity index (χ0v) is 6.20. The highest BCUT2D eigenvalue weighted by atomic mass is 79.9. The topological polar surface area (TPSA) is 0 Å². The Morgan fingerprint density at radius 3 is 2.89 bits per heavy atom. The van der Waals surface area contributed by atoms with E-state index in [9.17, 15) is 4.39 Å². The average molecular weight is 187 g/mol. The maximum Gasteiger partial charge on any atom is 0.141 e. The smallest absolute Gasteiger partial charge is 0.141 e. The van der Waals surface area contributed by atoms with Crippen molar-refractivity contribution < 1.29 is 4.39 Å². The lowest BCUT2D eigenvalue weighted by Crippen LogP contribution is -1.72. The van der Waals surface area contributed by atoms with Gasteiger partial charge >= 0.3 is 0 Å². The van der Waals surface area contributed by atoms with Gasteiger partial charge in [-0.15, -0.1) is 0 Å². The molecule has 0 radical (unpaired) electrons. The van der Waals surface area contributed by atoms with Gasteiger partial charge in [0.05, 0.1) is 4.47 Å². The Morgan fingerprint density at radius 1 is 1.44 bits per heavy atom. The predicted molar refractivity (Wildman–Crippen MR) is 36.9 cm³/mol. The first-order chi connectivity index (χ1) is 4.29. The average Bonchev–Trinajstić information content (AvgIpc) is 2.58. The molecule has 46 valence electrons. The molecule has 0 saturated carbocycles. The molecule has 0 bridgehead atoms. The Morgan fingerprint density at radius 2 is 2.22 bits per heavy atom. The molecule has 1 aliphatic rings. The summed E-state index contributed by atoms with van der Waals surface area (Å²) >= 11 is 3.10. The maximum atomic E-state index is 12.7. The van der Waals surface area contributed by atoms with Crippen LogP contribution in [0.3, 0.4) is 0 Å². The van der Waals surface area contributed by atoms with E-state index in [0.717, 1.165) is 17.5 Å². The molecular formula is C7H4BrF. The molecule has 0 aromatic heterocycles. The SMILES string of the molecule is Fc1c(Br)ccc2c1C2. The molecule has 2 heteroatoms. The van der Waals surface area contributed by atoms with Gasteiger partial charge in [0, 0.05) is 6.42 Å². The van der Waals surface area contributed by atoms with Crippen molar-refractivity contribution in [1.29, 1.82) is 0 Å². The molecule has 0 fully saturated rings. The summed E-state index contributed by atoms with van der Waals surface area (Å²) in [4.78, 5) is 0. The number of benzene rings is 1. The van der Waals surface area contributed by atoms with E-state index in [1.165, 1.54) is 0 Å². The fourth-order valence-electron chi connectivity index (χ4n) is 0.915. The van der Waals surface area contributed by atoms with Crippen LogP contribution in [0.4, 0.5) is 4.39 Å². The number of halogens is 2. The molecule has 9 heavy (non-hydrogen) atoms. The molecule has 2 rings (SSSR count). The van der Waals surface area contributed by atoms with Crippen LogP contribution in [0.15, 0.2) is 16.6 Å². The van der Waals surface area contributed by atoms with E-state index in [4.69, 9.17) is 0 Å². The van der Waals surface area contributed by atoms with Crippen molar-refractivity contribution in [2.45, 2.75) is 6.42 Å². The van der Waals surface area contributed by atoms with Crippen LogP contribution in [0.2, 0.25) is 0 Å². The third-order valence-electron chi connectivity index (χ3n) is 1.54. The fraction of sp³-hybridized carbons (Fsp3) is 0.143. The van der Waals surface area contributed by atoms with Gasteiger partial charge in [-0.3, -0.25) is 0 Å². The fourth-order valence-corrected chi connectivity index (χ4v) is 1.29. The lowest BCUT2D eigenvalue weighted by atomic mass is 10.4. The maximum absolute atomic E-state index is 12.7. The van der Waals surface area contributed by atoms with E-state index >= 15 is 0 Å². The summed E-state index contributed by atoms with van der Waals surface area (Å²) in [5, 5.41) is 0. The van der Waals surface area contributed by atoms with E-state index in [2.05, 4.69) is 15.9 Å². The van der Waals surface area contributed by atoms with E-state index in [1.807, 2.05) is 6.07 Å². The molecule has 0 unspecified atom stereocenters. The van der Waals surface area contributed by atoms with Gasteiger partial charge < -0.3 is 0 Å². The van der Waals surface area contributed by atoms with Gasteiger partial charge in [-0.1, -0.05) is 6.07 Å². The summed E-state index contributed by atoms with van der Waals surface area (Å²) < 4.78 is 13.3. The molecule has 1 aromatic carbocycles. The minimum atomic E-state index is -0.0764. The van der Waals surface area contributed by atoms with Crippen molar-refractivity contribution in [1.82, 2.24) is 0 Å². The molecule has 0 amide bonds. The van der Waals surface area contributed by atoms with Crippen LogP contribution in [0, 0.1) is 5.82 Å². The Bertz CT molecular complexity index is 264. The standard InChI is InChI=1S/C7H4BrF/c8-6-2-1-4-3-5(4)7(6)9/h1-2H,3H2. The first-order valence-electron chi connectivity index (χ1n) is 2.75. The van der Waals surface area contributed by atoms with E-state index in [1.54, 1.807) is 6.07 Å². The number of hydrogen-bond donors (Lipinski definition) is 0. The van der Waals surface area contributed by atoms with E-state index in [-0.39, 0.29) is 5.82 Å². The zero-order chi connectivity index (χ0) is 6.43. The van der Waals surface area contributed by atoms with Crippen molar-refractivity contribution in [3.63, 3.8) is 0 Å². The highest BCUT2D eigenvalue weighted by Crippen LogP contribution is 2.34. The van der Waals surface area contributed by atoms with Crippen molar-refractivity contribution >= 4 is 15.9 Å². The van der Waals surface area contributed by atoms with Gasteiger partial charge in [-0.2, -0.15) is 0 Å². The van der Waals surface area contributed by atoms with Crippen LogP contribution < -0.4 is 0 Å². The third-order valence-corrected chi connectivity index (χ3v) is 2.15. The second-order valence-electron chi connectivity index (χ2n) is 2.18. The number of fused-ring (bicyclic) bond motifs is 1. The minimum absolute atomic E-state index is 0.0764. The Labute approximate surface area is 60.8 Å². The molecule has 1 aromatic rings. The van der Waals surface area contributed by atoms with E-state index < -0.39 is 0 Å². The van der Waals surface area contributed by atoms with Crippen LogP contribution in [0.25, 0.3) is 0 Å². The van der Waals surface area contributed by atoms with Crippen LogP contribution in [-0.4, -0.2) is 0 Å². The van der Waals surface area contributed by atoms with Crippen LogP contribution in [0.1, 0.15) is 11.1 Å². The molecular weight excluding hydrogens is 183 g/mol. The molecule has 0 saturated heterocycles. The lowest BCUT2D eigenvalue weighted by Gasteiger charge is -1.87. The first-order valence-corrected chi connectivity index (χ1v) is 3.54. The van der Waals surface area contributed by atoms with Crippen molar-refractivity contribution in [3.8, 4) is 0 Å². The predicted octanol–water partition coefficient (Wildman–Crippen LogP) is 2.49. The Hall–Kier alpha value is -0.370. The van der Waals surface area contributed by atoms with Crippen molar-refractivity contribution in [3.05, 3.63) is 33.5 Å². The highest BCUT2D eigenvalue weighted by molar-refractivity contribution is 9.10. The second-order valence-corrected chi connectivity index (χ2v) is 3.03. The first kappa shape index (κ1) is 5.42. The lowest BCUT2D eigenvalue weighted by molar-refractivity contribution is 0.619. The zero-order valence-electron chi connectivity index (χ0n) is 4.62. The summed E-state index contributed by atoms with van der Waals surface area (Å²) in [6, 6.07) is 3.70. The molecule has 0 N–H and O–H groups in total. The van der Waals surface area contributed by atoms with Gasteiger partial charge in [-0.05, 0) is 33.1 Å². The van der Waals surface area contributed by atoms with Gasteiger partial charge in [0.2, 0.25) is 0 Å². The third kappa shape index (κ3) is 0.697. The van der Waals surface area contributed by atoms with Crippen molar-refractivity contribution in [2.75, 3.05) is 0 Å².